The molecular formula is C21H21N3O4. The van der Waals surface area contributed by atoms with Crippen molar-refractivity contribution in [1.82, 2.24) is 10.3 Å². The smallest absolute Gasteiger partial charge is 0.263 e. The van der Waals surface area contributed by atoms with Crippen molar-refractivity contribution in [2.75, 3.05) is 19.0 Å². The number of nitrogens with one attached hydrogen (secondary N) is 1. The summed E-state index contributed by atoms with van der Waals surface area (Å²) in [6, 6.07) is 13.4. The minimum atomic E-state index is -0.360. The summed E-state index contributed by atoms with van der Waals surface area (Å²) < 4.78 is 15.6. The zero-order valence-corrected chi connectivity index (χ0v) is 15.6. The van der Waals surface area contributed by atoms with Crippen LogP contribution in [0.5, 0.6) is 11.5 Å². The van der Waals surface area contributed by atoms with Crippen molar-refractivity contribution in [3.8, 4) is 22.8 Å². The maximum Gasteiger partial charge on any atom is 0.263 e. The highest BCUT2D eigenvalue weighted by molar-refractivity contribution is 5.94. The second-order valence-electron chi connectivity index (χ2n) is 6.64. The molecule has 0 saturated heterocycles. The average molecular weight is 379 g/mol. The molecule has 1 aliphatic rings. The van der Waals surface area contributed by atoms with E-state index in [-0.39, 0.29) is 18.3 Å². The highest BCUT2D eigenvalue weighted by Crippen LogP contribution is 2.30. The summed E-state index contributed by atoms with van der Waals surface area (Å²) in [5, 5.41) is 10.5. The lowest BCUT2D eigenvalue weighted by Gasteiger charge is -2.16. The van der Waals surface area contributed by atoms with E-state index < -0.39 is 0 Å². The normalized spacial score (nSPS) is 12.9. The van der Waals surface area contributed by atoms with Crippen molar-refractivity contribution < 1.29 is 18.9 Å². The van der Waals surface area contributed by atoms with Gasteiger partial charge in [-0.3, -0.25) is 4.79 Å². The van der Waals surface area contributed by atoms with Gasteiger partial charge in [-0.1, -0.05) is 24.3 Å². The Morgan fingerprint density at radius 3 is 2.68 bits per heavy atom. The van der Waals surface area contributed by atoms with Gasteiger partial charge >= 0.3 is 0 Å². The zero-order chi connectivity index (χ0) is 19.3. The summed E-state index contributed by atoms with van der Waals surface area (Å²) in [6.07, 6.45) is 4.59. The van der Waals surface area contributed by atoms with Gasteiger partial charge in [0.1, 0.15) is 0 Å². The minimum Gasteiger partial charge on any atom is -0.493 e. The summed E-state index contributed by atoms with van der Waals surface area (Å²) in [5.41, 5.74) is 4.09. The Kier molecular flexibility index (Phi) is 5.23. The number of fused-ring (bicyclic) bond motifs is 1. The predicted octanol–water partition coefficient (Wildman–Crippen LogP) is 3.64. The lowest BCUT2D eigenvalue weighted by molar-refractivity contribution is -0.118. The van der Waals surface area contributed by atoms with E-state index in [1.807, 2.05) is 18.2 Å². The van der Waals surface area contributed by atoms with Crippen LogP contribution in [-0.2, 0) is 17.6 Å². The number of carbonyl (C=O) groups is 1. The van der Waals surface area contributed by atoms with E-state index in [1.165, 1.54) is 24.0 Å². The quantitative estimate of drug-likeness (QED) is 0.704. The Hall–Kier alpha value is -3.35. The van der Waals surface area contributed by atoms with Crippen LogP contribution in [0.1, 0.15) is 24.0 Å². The summed E-state index contributed by atoms with van der Waals surface area (Å²) in [4.78, 5) is 12.3. The first kappa shape index (κ1) is 18.0. The molecule has 0 saturated carbocycles. The van der Waals surface area contributed by atoms with E-state index >= 15 is 0 Å². The van der Waals surface area contributed by atoms with E-state index in [2.05, 4.69) is 27.8 Å². The van der Waals surface area contributed by atoms with Gasteiger partial charge in [0.05, 0.1) is 7.11 Å². The van der Waals surface area contributed by atoms with Gasteiger partial charge in [-0.15, -0.1) is 0 Å². The second kappa shape index (κ2) is 8.12. The monoisotopic (exact) mass is 379 g/mol. The van der Waals surface area contributed by atoms with Crippen molar-refractivity contribution in [2.45, 2.75) is 25.7 Å². The van der Waals surface area contributed by atoms with Gasteiger partial charge in [0.2, 0.25) is 5.82 Å². The molecule has 0 atom stereocenters. The van der Waals surface area contributed by atoms with Gasteiger partial charge in [-0.25, -0.2) is 4.63 Å². The summed E-state index contributed by atoms with van der Waals surface area (Å²) >= 11 is 0. The van der Waals surface area contributed by atoms with Crippen molar-refractivity contribution >= 4 is 11.7 Å². The number of anilines is 1. The van der Waals surface area contributed by atoms with Crippen LogP contribution in [-0.4, -0.2) is 29.9 Å². The van der Waals surface area contributed by atoms with Crippen molar-refractivity contribution in [2.24, 2.45) is 0 Å². The van der Waals surface area contributed by atoms with Crippen molar-refractivity contribution in [1.29, 1.82) is 0 Å². The molecule has 28 heavy (non-hydrogen) atoms. The van der Waals surface area contributed by atoms with Crippen LogP contribution in [0.4, 0.5) is 5.82 Å². The second-order valence-corrected chi connectivity index (χ2v) is 6.64. The molecule has 0 aliphatic heterocycles. The van der Waals surface area contributed by atoms with Gasteiger partial charge in [0.15, 0.2) is 23.8 Å². The van der Waals surface area contributed by atoms with Crippen LogP contribution in [0, 0.1) is 0 Å². The fourth-order valence-corrected chi connectivity index (χ4v) is 3.39. The minimum absolute atomic E-state index is 0.184. The standard InChI is InChI=1S/C21H21N3O4/c1-26-17-8-4-5-9-18(17)27-13-19(25)22-21-20(23-28-24-21)16-11-10-14-6-2-3-7-15(14)12-16/h4-5,8-12H,2-3,6-7,13H2,1H3,(H,22,24,25). The highest BCUT2D eigenvalue weighted by atomic mass is 16.6. The third kappa shape index (κ3) is 3.83. The van der Waals surface area contributed by atoms with E-state index in [0.29, 0.717) is 17.2 Å². The summed E-state index contributed by atoms with van der Waals surface area (Å²) in [6.45, 7) is -0.184. The number of benzene rings is 2. The molecule has 3 aromatic rings. The van der Waals surface area contributed by atoms with Gasteiger partial charge in [0.25, 0.3) is 5.91 Å². The Labute approximate surface area is 162 Å². The number of ether oxygens (including phenoxy) is 2. The van der Waals surface area contributed by atoms with E-state index in [0.717, 1.165) is 18.4 Å². The van der Waals surface area contributed by atoms with Gasteiger partial charge in [-0.05, 0) is 65.3 Å². The molecule has 1 aromatic heterocycles. The average Bonchev–Trinajstić information content (AvgIpc) is 3.20. The first-order valence-corrected chi connectivity index (χ1v) is 9.25. The largest absolute Gasteiger partial charge is 0.493 e. The highest BCUT2D eigenvalue weighted by Gasteiger charge is 2.18. The Balaban J connectivity index is 1.45. The molecule has 0 bridgehead atoms. The third-order valence-electron chi connectivity index (χ3n) is 4.80. The van der Waals surface area contributed by atoms with Gasteiger partial charge in [-0.2, -0.15) is 0 Å². The number of amides is 1. The Morgan fingerprint density at radius 2 is 1.86 bits per heavy atom. The lowest BCUT2D eigenvalue weighted by atomic mass is 9.90. The van der Waals surface area contributed by atoms with Crippen molar-refractivity contribution in [3.63, 3.8) is 0 Å². The summed E-state index contributed by atoms with van der Waals surface area (Å²) in [7, 11) is 1.55. The molecule has 1 aliphatic carbocycles. The molecule has 1 heterocycles. The van der Waals surface area contributed by atoms with E-state index in [1.54, 1.807) is 19.2 Å². The van der Waals surface area contributed by atoms with Crippen LogP contribution in [0.25, 0.3) is 11.3 Å². The molecular weight excluding hydrogens is 358 g/mol. The predicted molar refractivity (Wildman–Crippen MR) is 103 cm³/mol. The first-order chi connectivity index (χ1) is 13.7. The van der Waals surface area contributed by atoms with E-state index in [9.17, 15) is 4.79 Å². The van der Waals surface area contributed by atoms with Crippen LogP contribution in [0.2, 0.25) is 0 Å². The number of carbonyl (C=O) groups excluding carboxylic acids is 1. The maximum absolute atomic E-state index is 12.3. The fraction of sp³-hybridized carbons (Fsp3) is 0.286. The Morgan fingerprint density at radius 1 is 1.07 bits per heavy atom. The fourth-order valence-electron chi connectivity index (χ4n) is 3.39. The number of hydrogen-bond acceptors (Lipinski definition) is 6. The zero-order valence-electron chi connectivity index (χ0n) is 15.6. The molecule has 0 radical (unpaired) electrons. The number of aryl methyl sites for hydroxylation is 2. The molecule has 4 rings (SSSR count). The number of methoxy groups -OCH3 is 1. The SMILES string of the molecule is COc1ccccc1OCC(=O)Nc1nonc1-c1ccc2c(c1)CCCC2. The molecule has 7 heteroatoms. The molecule has 0 spiro atoms. The summed E-state index contributed by atoms with van der Waals surface area (Å²) in [5.74, 6) is 0.978. The van der Waals surface area contributed by atoms with Crippen LogP contribution in [0.15, 0.2) is 47.1 Å². The molecule has 0 unspecified atom stereocenters. The topological polar surface area (TPSA) is 86.5 Å². The number of para-hydroxylation sites is 2. The molecule has 1 N–H and O–H groups in total. The molecule has 1 amide bonds. The number of aromatic nitrogens is 2. The first-order valence-electron chi connectivity index (χ1n) is 9.25. The molecule has 7 nitrogen and oxygen atoms in total. The number of rotatable bonds is 6. The third-order valence-corrected chi connectivity index (χ3v) is 4.80. The number of nitrogens with zero attached hydrogens (tertiary/aromatic N) is 2. The molecule has 0 fully saturated rings. The molecule has 2 aromatic carbocycles. The maximum atomic E-state index is 12.3. The number of hydrogen-bond donors (Lipinski definition) is 1. The van der Waals surface area contributed by atoms with Crippen LogP contribution >= 0.6 is 0 Å². The van der Waals surface area contributed by atoms with Gasteiger partial charge < -0.3 is 14.8 Å². The van der Waals surface area contributed by atoms with Crippen LogP contribution < -0.4 is 14.8 Å². The van der Waals surface area contributed by atoms with Gasteiger partial charge in [0, 0.05) is 5.56 Å². The Bertz CT molecular complexity index is 983. The van der Waals surface area contributed by atoms with Crippen LogP contribution in [0.3, 0.4) is 0 Å². The molecule has 144 valence electrons. The van der Waals surface area contributed by atoms with Crippen molar-refractivity contribution in [3.05, 3.63) is 53.6 Å². The lowest BCUT2D eigenvalue weighted by Crippen LogP contribution is -2.21. The van der Waals surface area contributed by atoms with E-state index in [4.69, 9.17) is 14.1 Å².